The fourth-order valence-electron chi connectivity index (χ4n) is 1.35. The summed E-state index contributed by atoms with van der Waals surface area (Å²) in [5, 5.41) is 0. The van der Waals surface area contributed by atoms with Gasteiger partial charge in [0.05, 0.1) is 0 Å². The van der Waals surface area contributed by atoms with E-state index in [-0.39, 0.29) is 0 Å². The molecule has 1 radical (unpaired) electrons. The molecule has 0 spiro atoms. The summed E-state index contributed by atoms with van der Waals surface area (Å²) < 4.78 is 0. The molecule has 0 fully saturated rings. The summed E-state index contributed by atoms with van der Waals surface area (Å²) in [7, 11) is 0. The molecule has 0 aromatic rings. The lowest BCUT2D eigenvalue weighted by Crippen LogP contribution is -1.91. The van der Waals surface area contributed by atoms with Crippen LogP contribution in [0.3, 0.4) is 0 Å². The molecule has 0 atom stereocenters. The van der Waals surface area contributed by atoms with Crippen molar-refractivity contribution in [2.75, 3.05) is 0 Å². The molecular formula is C12H21O. The fourth-order valence-corrected chi connectivity index (χ4v) is 1.35. The molecule has 0 saturated heterocycles. The quantitative estimate of drug-likeness (QED) is 0.546. The number of carbonyl (C=O) groups excluding carboxylic acids is 1. The Balaban J connectivity index is 4.10. The normalized spacial score (nSPS) is 9.77. The van der Waals surface area contributed by atoms with Gasteiger partial charge in [-0.1, -0.05) is 32.3 Å². The van der Waals surface area contributed by atoms with Gasteiger partial charge in [-0.2, -0.15) is 0 Å². The van der Waals surface area contributed by atoms with Gasteiger partial charge in [0.15, 0.2) is 0 Å². The van der Waals surface area contributed by atoms with E-state index in [1.807, 2.05) is 13.2 Å². The zero-order valence-electron chi connectivity index (χ0n) is 9.15. The summed E-state index contributed by atoms with van der Waals surface area (Å²) in [6.07, 6.45) is 8.95. The smallest absolute Gasteiger partial charge is 0.228 e. The summed E-state index contributed by atoms with van der Waals surface area (Å²) in [5.41, 5.74) is 2.15. The van der Waals surface area contributed by atoms with Crippen LogP contribution in [0.4, 0.5) is 0 Å². The standard InChI is InChI=1S/C12H21O/c1-4-6-8-12(9-7-5-2)11(3)10-13/h4-9H2,1-3H3. The predicted octanol–water partition coefficient (Wildman–Crippen LogP) is 3.79. The van der Waals surface area contributed by atoms with Crippen LogP contribution in [0.1, 0.15) is 59.3 Å². The van der Waals surface area contributed by atoms with Crippen LogP contribution in [0.2, 0.25) is 0 Å². The molecule has 0 bridgehead atoms. The minimum absolute atomic E-state index is 0.835. The SMILES string of the molecule is CCCCC(CCCC)=C(C)[C]=O. The second-order valence-corrected chi connectivity index (χ2v) is 3.54. The molecule has 1 heteroatoms. The van der Waals surface area contributed by atoms with Gasteiger partial charge < -0.3 is 0 Å². The maximum atomic E-state index is 10.5. The first-order valence-corrected chi connectivity index (χ1v) is 5.33. The number of allylic oxidation sites excluding steroid dienone is 2. The van der Waals surface area contributed by atoms with Gasteiger partial charge in [-0.05, 0) is 38.2 Å². The highest BCUT2D eigenvalue weighted by Crippen LogP contribution is 2.17. The van der Waals surface area contributed by atoms with Crippen molar-refractivity contribution in [1.82, 2.24) is 0 Å². The van der Waals surface area contributed by atoms with E-state index in [2.05, 4.69) is 13.8 Å². The van der Waals surface area contributed by atoms with Gasteiger partial charge in [0.2, 0.25) is 6.29 Å². The van der Waals surface area contributed by atoms with E-state index in [9.17, 15) is 4.79 Å². The first-order valence-electron chi connectivity index (χ1n) is 5.33. The molecule has 1 nitrogen and oxygen atoms in total. The molecule has 0 saturated carbocycles. The van der Waals surface area contributed by atoms with E-state index in [1.165, 1.54) is 31.3 Å². The van der Waals surface area contributed by atoms with Crippen molar-refractivity contribution in [3.05, 3.63) is 11.1 Å². The largest absolute Gasteiger partial charge is 0.285 e. The van der Waals surface area contributed by atoms with Crippen molar-refractivity contribution in [2.24, 2.45) is 0 Å². The summed E-state index contributed by atoms with van der Waals surface area (Å²) in [6.45, 7) is 6.24. The Morgan fingerprint density at radius 3 is 1.85 bits per heavy atom. The molecule has 75 valence electrons. The van der Waals surface area contributed by atoms with Crippen LogP contribution < -0.4 is 0 Å². The van der Waals surface area contributed by atoms with Crippen LogP contribution in [0, 0.1) is 0 Å². The number of hydrogen-bond donors (Lipinski definition) is 0. The van der Waals surface area contributed by atoms with Gasteiger partial charge >= 0.3 is 0 Å². The minimum atomic E-state index is 0.835. The zero-order chi connectivity index (χ0) is 10.1. The number of hydrogen-bond acceptors (Lipinski definition) is 1. The molecule has 0 unspecified atom stereocenters. The Morgan fingerprint density at radius 2 is 1.54 bits per heavy atom. The second kappa shape index (κ2) is 8.03. The van der Waals surface area contributed by atoms with Crippen molar-refractivity contribution >= 4 is 6.29 Å². The maximum absolute atomic E-state index is 10.5. The molecule has 0 N–H and O–H groups in total. The average molecular weight is 181 g/mol. The Kier molecular flexibility index (Phi) is 7.66. The van der Waals surface area contributed by atoms with Gasteiger partial charge in [-0.25, -0.2) is 0 Å². The fraction of sp³-hybridized carbons (Fsp3) is 0.750. The Hall–Kier alpha value is -0.590. The van der Waals surface area contributed by atoms with E-state index in [0.29, 0.717) is 0 Å². The lowest BCUT2D eigenvalue weighted by molar-refractivity contribution is 0.560. The summed E-state index contributed by atoms with van der Waals surface area (Å²) in [4.78, 5) is 10.5. The molecule has 0 amide bonds. The van der Waals surface area contributed by atoms with Gasteiger partial charge in [-0.3, -0.25) is 4.79 Å². The summed E-state index contributed by atoms with van der Waals surface area (Å²) in [6, 6.07) is 0. The molecular weight excluding hydrogens is 160 g/mol. The van der Waals surface area contributed by atoms with Crippen molar-refractivity contribution in [3.63, 3.8) is 0 Å². The summed E-state index contributed by atoms with van der Waals surface area (Å²) >= 11 is 0. The predicted molar refractivity (Wildman–Crippen MR) is 57.4 cm³/mol. The third-order valence-electron chi connectivity index (χ3n) is 2.35. The van der Waals surface area contributed by atoms with Crippen LogP contribution in [0.5, 0.6) is 0 Å². The molecule has 13 heavy (non-hydrogen) atoms. The highest BCUT2D eigenvalue weighted by Gasteiger charge is 2.01. The molecule has 0 aromatic heterocycles. The van der Waals surface area contributed by atoms with Gasteiger partial charge in [0.1, 0.15) is 0 Å². The van der Waals surface area contributed by atoms with E-state index in [0.717, 1.165) is 18.4 Å². The van der Waals surface area contributed by atoms with Gasteiger partial charge in [0.25, 0.3) is 0 Å². The van der Waals surface area contributed by atoms with E-state index in [1.54, 1.807) is 0 Å². The zero-order valence-corrected chi connectivity index (χ0v) is 9.15. The van der Waals surface area contributed by atoms with Crippen LogP contribution >= 0.6 is 0 Å². The number of rotatable bonds is 7. The molecule has 0 heterocycles. The van der Waals surface area contributed by atoms with E-state index in [4.69, 9.17) is 0 Å². The average Bonchev–Trinajstić information content (AvgIpc) is 2.17. The Bertz CT molecular complexity index is 158. The molecule has 0 aliphatic rings. The third-order valence-corrected chi connectivity index (χ3v) is 2.35. The Morgan fingerprint density at radius 1 is 1.08 bits per heavy atom. The lowest BCUT2D eigenvalue weighted by Gasteiger charge is -2.07. The lowest BCUT2D eigenvalue weighted by atomic mass is 9.98. The molecule has 0 rings (SSSR count). The van der Waals surface area contributed by atoms with Gasteiger partial charge in [-0.15, -0.1) is 0 Å². The monoisotopic (exact) mass is 181 g/mol. The van der Waals surface area contributed by atoms with Crippen LogP contribution in [0.15, 0.2) is 11.1 Å². The highest BCUT2D eigenvalue weighted by atomic mass is 16.1. The Labute approximate surface area is 82.2 Å². The topological polar surface area (TPSA) is 17.1 Å². The van der Waals surface area contributed by atoms with E-state index < -0.39 is 0 Å². The molecule has 0 aromatic carbocycles. The van der Waals surface area contributed by atoms with Crippen molar-refractivity contribution in [1.29, 1.82) is 0 Å². The maximum Gasteiger partial charge on any atom is 0.228 e. The van der Waals surface area contributed by atoms with Crippen LogP contribution in [-0.4, -0.2) is 6.29 Å². The second-order valence-electron chi connectivity index (χ2n) is 3.54. The highest BCUT2D eigenvalue weighted by molar-refractivity contribution is 5.74. The van der Waals surface area contributed by atoms with Gasteiger partial charge in [0, 0.05) is 0 Å². The molecule has 0 aliphatic heterocycles. The number of unbranched alkanes of at least 4 members (excludes halogenated alkanes) is 2. The van der Waals surface area contributed by atoms with Crippen LogP contribution in [-0.2, 0) is 4.79 Å². The van der Waals surface area contributed by atoms with Crippen molar-refractivity contribution < 1.29 is 4.79 Å². The molecule has 0 aliphatic carbocycles. The van der Waals surface area contributed by atoms with Crippen molar-refractivity contribution in [2.45, 2.75) is 59.3 Å². The van der Waals surface area contributed by atoms with E-state index >= 15 is 0 Å². The first kappa shape index (κ1) is 12.4. The van der Waals surface area contributed by atoms with Crippen molar-refractivity contribution in [3.8, 4) is 0 Å². The third kappa shape index (κ3) is 5.62. The first-order chi connectivity index (χ1) is 6.26. The van der Waals surface area contributed by atoms with Crippen LogP contribution in [0.25, 0.3) is 0 Å². The summed E-state index contributed by atoms with van der Waals surface area (Å²) in [5.74, 6) is 0. The minimum Gasteiger partial charge on any atom is -0.285 e.